The standard InChI is InChI=1S/C9H8ClNO6S/c1-17-9(12)8-6(10)3-5(18(2,15)16)4-7(8)11(13)14/h3-4H,1-2H3. The van der Waals surface area contributed by atoms with Crippen LogP contribution in [0.4, 0.5) is 5.69 Å². The van der Waals surface area contributed by atoms with Gasteiger partial charge in [0, 0.05) is 12.3 Å². The van der Waals surface area contributed by atoms with Crippen molar-refractivity contribution in [3.05, 3.63) is 32.8 Å². The van der Waals surface area contributed by atoms with Crippen LogP contribution in [0.25, 0.3) is 0 Å². The first-order valence-corrected chi connectivity index (χ1v) is 6.71. The maximum absolute atomic E-state index is 11.4. The number of esters is 1. The third-order valence-corrected chi connectivity index (χ3v) is 3.45. The number of methoxy groups -OCH3 is 1. The number of nitrogens with zero attached hydrogens (tertiary/aromatic N) is 1. The number of hydrogen-bond donors (Lipinski definition) is 0. The monoisotopic (exact) mass is 293 g/mol. The topological polar surface area (TPSA) is 104 Å². The zero-order chi connectivity index (χ0) is 14.1. The van der Waals surface area contributed by atoms with Crippen LogP contribution >= 0.6 is 11.6 Å². The largest absolute Gasteiger partial charge is 0.465 e. The van der Waals surface area contributed by atoms with Crippen LogP contribution in [0, 0.1) is 10.1 Å². The Hall–Kier alpha value is -1.67. The fourth-order valence-electron chi connectivity index (χ4n) is 1.23. The molecular weight excluding hydrogens is 286 g/mol. The van der Waals surface area contributed by atoms with E-state index in [0.29, 0.717) is 0 Å². The number of nitro groups is 1. The Balaban J connectivity index is 3.66. The van der Waals surface area contributed by atoms with Crippen molar-refractivity contribution in [3.63, 3.8) is 0 Å². The molecule has 1 rings (SSSR count). The highest BCUT2D eigenvalue weighted by molar-refractivity contribution is 7.90. The third kappa shape index (κ3) is 2.77. The molecule has 0 saturated heterocycles. The molecule has 0 aliphatic carbocycles. The predicted molar refractivity (Wildman–Crippen MR) is 62.6 cm³/mol. The quantitative estimate of drug-likeness (QED) is 0.474. The molecule has 0 aromatic heterocycles. The summed E-state index contributed by atoms with van der Waals surface area (Å²) in [4.78, 5) is 20.9. The van der Waals surface area contributed by atoms with Crippen LogP contribution in [0.3, 0.4) is 0 Å². The Bertz CT molecular complexity index is 624. The van der Waals surface area contributed by atoms with E-state index in [-0.39, 0.29) is 9.92 Å². The van der Waals surface area contributed by atoms with Gasteiger partial charge in [-0.25, -0.2) is 13.2 Å². The van der Waals surface area contributed by atoms with E-state index < -0.39 is 32.0 Å². The molecule has 0 unspecified atom stereocenters. The zero-order valence-corrected chi connectivity index (χ0v) is 10.9. The fourth-order valence-corrected chi connectivity index (χ4v) is 2.24. The number of ether oxygens (including phenoxy) is 1. The van der Waals surface area contributed by atoms with Gasteiger partial charge < -0.3 is 4.74 Å². The second-order valence-corrected chi connectivity index (χ2v) is 5.74. The molecule has 0 heterocycles. The smallest absolute Gasteiger partial charge is 0.346 e. The van der Waals surface area contributed by atoms with Crippen molar-refractivity contribution in [2.75, 3.05) is 13.4 Å². The summed E-state index contributed by atoms with van der Waals surface area (Å²) in [6, 6.07) is 1.74. The summed E-state index contributed by atoms with van der Waals surface area (Å²) in [5, 5.41) is 10.5. The van der Waals surface area contributed by atoms with Crippen molar-refractivity contribution in [1.29, 1.82) is 0 Å². The molecule has 0 N–H and O–H groups in total. The molecule has 0 aliphatic heterocycles. The number of halogens is 1. The molecule has 0 amide bonds. The van der Waals surface area contributed by atoms with Crippen LogP contribution in [0.15, 0.2) is 17.0 Å². The number of carbonyl (C=O) groups is 1. The fraction of sp³-hybridized carbons (Fsp3) is 0.222. The van der Waals surface area contributed by atoms with Gasteiger partial charge in [-0.05, 0) is 6.07 Å². The Kier molecular flexibility index (Phi) is 3.92. The van der Waals surface area contributed by atoms with Gasteiger partial charge >= 0.3 is 5.97 Å². The van der Waals surface area contributed by atoms with Gasteiger partial charge in [0.05, 0.1) is 22.0 Å². The van der Waals surface area contributed by atoms with Crippen molar-refractivity contribution < 1.29 is 22.9 Å². The molecule has 0 bridgehead atoms. The molecule has 9 heteroatoms. The molecule has 98 valence electrons. The average molecular weight is 294 g/mol. The summed E-state index contributed by atoms with van der Waals surface area (Å²) in [5.41, 5.74) is -1.19. The van der Waals surface area contributed by atoms with E-state index in [1.54, 1.807) is 0 Å². The molecule has 0 saturated carbocycles. The van der Waals surface area contributed by atoms with Crippen molar-refractivity contribution >= 4 is 33.1 Å². The van der Waals surface area contributed by atoms with Crippen molar-refractivity contribution in [1.82, 2.24) is 0 Å². The minimum absolute atomic E-state index is 0.341. The van der Waals surface area contributed by atoms with E-state index in [1.807, 2.05) is 0 Å². The average Bonchev–Trinajstić information content (AvgIpc) is 2.25. The lowest BCUT2D eigenvalue weighted by atomic mass is 10.2. The first kappa shape index (κ1) is 14.4. The molecule has 0 atom stereocenters. The minimum Gasteiger partial charge on any atom is -0.465 e. The Labute approximate surface area is 107 Å². The highest BCUT2D eigenvalue weighted by Gasteiger charge is 2.27. The van der Waals surface area contributed by atoms with Crippen LogP contribution in [-0.2, 0) is 14.6 Å². The number of hydrogen-bond acceptors (Lipinski definition) is 6. The van der Waals surface area contributed by atoms with Crippen LogP contribution in [0.2, 0.25) is 5.02 Å². The third-order valence-electron chi connectivity index (χ3n) is 2.06. The number of rotatable bonds is 3. The summed E-state index contributed by atoms with van der Waals surface area (Å²) in [7, 11) is -2.64. The lowest BCUT2D eigenvalue weighted by Gasteiger charge is -2.06. The van der Waals surface area contributed by atoms with Gasteiger partial charge in [-0.2, -0.15) is 0 Å². The van der Waals surface area contributed by atoms with Gasteiger partial charge in [0.15, 0.2) is 15.4 Å². The van der Waals surface area contributed by atoms with E-state index in [9.17, 15) is 23.3 Å². The molecule has 0 spiro atoms. The SMILES string of the molecule is COC(=O)c1c(Cl)cc(S(C)(=O)=O)cc1[N+](=O)[O-]. The van der Waals surface area contributed by atoms with E-state index in [0.717, 1.165) is 25.5 Å². The molecule has 0 aliphatic rings. The summed E-state index contributed by atoms with van der Waals surface area (Å²) in [5.74, 6) is -1.01. The van der Waals surface area contributed by atoms with Gasteiger partial charge in [-0.3, -0.25) is 10.1 Å². The molecule has 18 heavy (non-hydrogen) atoms. The first-order valence-electron chi connectivity index (χ1n) is 4.44. The van der Waals surface area contributed by atoms with Crippen molar-refractivity contribution in [2.45, 2.75) is 4.90 Å². The predicted octanol–water partition coefficient (Wildman–Crippen LogP) is 1.44. The molecule has 1 aromatic carbocycles. The zero-order valence-electron chi connectivity index (χ0n) is 9.34. The molecule has 0 fully saturated rings. The second kappa shape index (κ2) is 4.91. The van der Waals surface area contributed by atoms with Gasteiger partial charge in [0.25, 0.3) is 5.69 Å². The van der Waals surface area contributed by atoms with E-state index >= 15 is 0 Å². The highest BCUT2D eigenvalue weighted by atomic mass is 35.5. The number of benzene rings is 1. The lowest BCUT2D eigenvalue weighted by Crippen LogP contribution is -2.08. The van der Waals surface area contributed by atoms with E-state index in [1.165, 1.54) is 0 Å². The van der Waals surface area contributed by atoms with Crippen LogP contribution < -0.4 is 0 Å². The summed E-state index contributed by atoms with van der Waals surface area (Å²) in [6.07, 6.45) is 0.875. The van der Waals surface area contributed by atoms with Crippen molar-refractivity contribution in [3.8, 4) is 0 Å². The Morgan fingerprint density at radius 2 is 2.00 bits per heavy atom. The first-order chi connectivity index (χ1) is 8.18. The second-order valence-electron chi connectivity index (χ2n) is 3.32. The minimum atomic E-state index is -3.67. The summed E-state index contributed by atoms with van der Waals surface area (Å²) in [6.45, 7) is 0. The molecular formula is C9H8ClNO6S. The van der Waals surface area contributed by atoms with Crippen molar-refractivity contribution in [2.24, 2.45) is 0 Å². The van der Waals surface area contributed by atoms with Crippen LogP contribution in [0.1, 0.15) is 10.4 Å². The van der Waals surface area contributed by atoms with E-state index in [2.05, 4.69) is 4.74 Å². The lowest BCUT2D eigenvalue weighted by molar-refractivity contribution is -0.385. The molecule has 7 nitrogen and oxygen atoms in total. The van der Waals surface area contributed by atoms with Gasteiger partial charge in [0.1, 0.15) is 0 Å². The molecule has 0 radical (unpaired) electrons. The number of sulfone groups is 1. The van der Waals surface area contributed by atoms with Crippen LogP contribution in [0.5, 0.6) is 0 Å². The van der Waals surface area contributed by atoms with E-state index in [4.69, 9.17) is 11.6 Å². The Morgan fingerprint density at radius 1 is 1.44 bits per heavy atom. The summed E-state index contributed by atoms with van der Waals surface area (Å²) < 4.78 is 27.0. The highest BCUT2D eigenvalue weighted by Crippen LogP contribution is 2.30. The summed E-state index contributed by atoms with van der Waals surface area (Å²) >= 11 is 5.69. The van der Waals surface area contributed by atoms with Crippen LogP contribution in [-0.4, -0.2) is 32.7 Å². The maximum Gasteiger partial charge on any atom is 0.346 e. The number of carbonyl (C=O) groups excluding carboxylic acids is 1. The Morgan fingerprint density at radius 3 is 2.39 bits per heavy atom. The van der Waals surface area contributed by atoms with Gasteiger partial charge in [-0.1, -0.05) is 11.6 Å². The molecule has 1 aromatic rings. The van der Waals surface area contributed by atoms with Gasteiger partial charge in [0.2, 0.25) is 0 Å². The maximum atomic E-state index is 11.4. The number of nitro benzene ring substituents is 1. The van der Waals surface area contributed by atoms with Gasteiger partial charge in [-0.15, -0.1) is 0 Å². The normalized spacial score (nSPS) is 11.1.